The predicted molar refractivity (Wildman–Crippen MR) is 85.2 cm³/mol. The zero-order valence-corrected chi connectivity index (χ0v) is 13.6. The van der Waals surface area contributed by atoms with Gasteiger partial charge in [-0.3, -0.25) is 4.79 Å². The molecule has 6 nitrogen and oxygen atoms in total. The van der Waals surface area contributed by atoms with E-state index in [4.69, 9.17) is 9.47 Å². The second-order valence-electron chi connectivity index (χ2n) is 5.30. The topological polar surface area (TPSA) is 80.6 Å². The summed E-state index contributed by atoms with van der Waals surface area (Å²) in [5.74, 6) is -0.604. The highest BCUT2D eigenvalue weighted by molar-refractivity contribution is 6.01. The van der Waals surface area contributed by atoms with Crippen molar-refractivity contribution in [2.45, 2.75) is 25.6 Å². The van der Waals surface area contributed by atoms with Gasteiger partial charge in [-0.2, -0.15) is 14.0 Å². The molecule has 1 saturated heterocycles. The number of ether oxygens (including phenoxy) is 3. The SMILES string of the molecule is COc1ccc(/C=C(\C#N)C(=O)NC[C@@H]2CCCO2)cc1OC(F)F. The summed E-state index contributed by atoms with van der Waals surface area (Å²) in [5.41, 5.74) is 0.214. The second-order valence-corrected chi connectivity index (χ2v) is 5.30. The smallest absolute Gasteiger partial charge is 0.387 e. The van der Waals surface area contributed by atoms with E-state index in [-0.39, 0.29) is 23.2 Å². The maximum absolute atomic E-state index is 12.5. The third kappa shape index (κ3) is 5.43. The Morgan fingerprint density at radius 2 is 2.32 bits per heavy atom. The number of rotatable bonds is 7. The number of hydrogen-bond donors (Lipinski definition) is 1. The molecule has 1 N–H and O–H groups in total. The molecule has 0 saturated carbocycles. The van der Waals surface area contributed by atoms with Gasteiger partial charge in [0, 0.05) is 13.2 Å². The number of halogens is 2. The van der Waals surface area contributed by atoms with E-state index in [0.717, 1.165) is 12.8 Å². The van der Waals surface area contributed by atoms with Crippen LogP contribution in [0.2, 0.25) is 0 Å². The van der Waals surface area contributed by atoms with E-state index in [2.05, 4.69) is 10.1 Å². The van der Waals surface area contributed by atoms with Crippen molar-refractivity contribution in [2.24, 2.45) is 0 Å². The van der Waals surface area contributed by atoms with Crippen LogP contribution in [0.15, 0.2) is 23.8 Å². The summed E-state index contributed by atoms with van der Waals surface area (Å²) < 4.78 is 39.6. The van der Waals surface area contributed by atoms with Gasteiger partial charge < -0.3 is 19.5 Å². The van der Waals surface area contributed by atoms with Gasteiger partial charge in [-0.25, -0.2) is 0 Å². The molecule has 0 aliphatic carbocycles. The minimum absolute atomic E-state index is 0.0454. The van der Waals surface area contributed by atoms with Crippen LogP contribution in [0.25, 0.3) is 6.08 Å². The zero-order valence-electron chi connectivity index (χ0n) is 13.6. The molecule has 0 spiro atoms. The predicted octanol–water partition coefficient (Wildman–Crippen LogP) is 2.50. The van der Waals surface area contributed by atoms with Crippen molar-refractivity contribution in [1.82, 2.24) is 5.32 Å². The minimum Gasteiger partial charge on any atom is -0.493 e. The van der Waals surface area contributed by atoms with Crippen molar-refractivity contribution < 1.29 is 27.8 Å². The van der Waals surface area contributed by atoms with E-state index >= 15 is 0 Å². The molecule has 1 aromatic carbocycles. The van der Waals surface area contributed by atoms with Crippen LogP contribution in [0.1, 0.15) is 18.4 Å². The lowest BCUT2D eigenvalue weighted by atomic mass is 10.1. The van der Waals surface area contributed by atoms with Crippen molar-refractivity contribution in [1.29, 1.82) is 5.26 Å². The molecule has 2 rings (SSSR count). The first-order valence-electron chi connectivity index (χ1n) is 7.68. The highest BCUT2D eigenvalue weighted by atomic mass is 19.3. The van der Waals surface area contributed by atoms with Gasteiger partial charge in [0.15, 0.2) is 11.5 Å². The van der Waals surface area contributed by atoms with Crippen LogP contribution >= 0.6 is 0 Å². The Hall–Kier alpha value is -2.66. The highest BCUT2D eigenvalue weighted by Crippen LogP contribution is 2.30. The van der Waals surface area contributed by atoms with Crippen LogP contribution < -0.4 is 14.8 Å². The first kappa shape index (κ1) is 18.7. The van der Waals surface area contributed by atoms with Gasteiger partial charge in [-0.15, -0.1) is 0 Å². The largest absolute Gasteiger partial charge is 0.493 e. The van der Waals surface area contributed by atoms with Crippen LogP contribution in [0.4, 0.5) is 8.78 Å². The molecule has 1 heterocycles. The van der Waals surface area contributed by atoms with Crippen molar-refractivity contribution >= 4 is 12.0 Å². The molecular formula is C17H18F2N2O4. The maximum Gasteiger partial charge on any atom is 0.387 e. The zero-order chi connectivity index (χ0) is 18.2. The van der Waals surface area contributed by atoms with Crippen molar-refractivity contribution in [3.05, 3.63) is 29.3 Å². The van der Waals surface area contributed by atoms with Crippen LogP contribution in [-0.4, -0.2) is 38.9 Å². The molecule has 1 aromatic rings. The van der Waals surface area contributed by atoms with Gasteiger partial charge in [-0.05, 0) is 36.6 Å². The van der Waals surface area contributed by atoms with Gasteiger partial charge in [0.2, 0.25) is 0 Å². The standard InChI is InChI=1S/C17H18F2N2O4/c1-23-14-5-4-11(8-15(14)25-17(18)19)7-12(9-20)16(22)21-10-13-3-2-6-24-13/h4-5,7-8,13,17H,2-3,6,10H2,1H3,(H,21,22)/b12-7+/t13-/m0/s1. The third-order valence-corrected chi connectivity index (χ3v) is 3.59. The lowest BCUT2D eigenvalue weighted by molar-refractivity contribution is -0.117. The van der Waals surface area contributed by atoms with E-state index in [0.29, 0.717) is 18.7 Å². The number of benzene rings is 1. The fourth-order valence-electron chi connectivity index (χ4n) is 2.39. The summed E-state index contributed by atoms with van der Waals surface area (Å²) in [5, 5.41) is 11.8. The first-order chi connectivity index (χ1) is 12.0. The van der Waals surface area contributed by atoms with E-state index < -0.39 is 12.5 Å². The summed E-state index contributed by atoms with van der Waals surface area (Å²) in [4.78, 5) is 12.1. The Kier molecular flexibility index (Phi) is 6.71. The molecule has 1 atom stereocenters. The Morgan fingerprint density at radius 1 is 1.52 bits per heavy atom. The van der Waals surface area contributed by atoms with E-state index in [1.54, 1.807) is 6.07 Å². The van der Waals surface area contributed by atoms with Crippen LogP contribution in [0.5, 0.6) is 11.5 Å². The molecule has 0 unspecified atom stereocenters. The number of nitrogens with zero attached hydrogens (tertiary/aromatic N) is 1. The van der Waals surface area contributed by atoms with Crippen molar-refractivity contribution in [3.8, 4) is 17.6 Å². The third-order valence-electron chi connectivity index (χ3n) is 3.59. The van der Waals surface area contributed by atoms with Gasteiger partial charge in [0.1, 0.15) is 11.6 Å². The Bertz CT molecular complexity index is 680. The number of hydrogen-bond acceptors (Lipinski definition) is 5. The number of carbonyl (C=O) groups excluding carboxylic acids is 1. The minimum atomic E-state index is -3.02. The second kappa shape index (κ2) is 8.99. The molecule has 1 aliphatic rings. The number of alkyl halides is 2. The number of amides is 1. The Labute approximate surface area is 144 Å². The van der Waals surface area contributed by atoms with Gasteiger partial charge in [0.05, 0.1) is 13.2 Å². The molecule has 8 heteroatoms. The van der Waals surface area contributed by atoms with Crippen LogP contribution in [0, 0.1) is 11.3 Å². The van der Waals surface area contributed by atoms with Crippen molar-refractivity contribution in [2.75, 3.05) is 20.3 Å². The molecule has 134 valence electrons. The average molecular weight is 352 g/mol. The molecule has 25 heavy (non-hydrogen) atoms. The van der Waals surface area contributed by atoms with Crippen LogP contribution in [0.3, 0.4) is 0 Å². The first-order valence-corrected chi connectivity index (χ1v) is 7.68. The molecule has 1 amide bonds. The summed E-state index contributed by atoms with van der Waals surface area (Å²) in [6.07, 6.45) is 3.05. The molecule has 0 radical (unpaired) electrons. The fraction of sp³-hybridized carbons (Fsp3) is 0.412. The summed E-state index contributed by atoms with van der Waals surface area (Å²) >= 11 is 0. The summed E-state index contributed by atoms with van der Waals surface area (Å²) in [6, 6.07) is 6.03. The molecule has 0 aromatic heterocycles. The number of nitriles is 1. The lowest BCUT2D eigenvalue weighted by Gasteiger charge is -2.11. The van der Waals surface area contributed by atoms with Crippen molar-refractivity contribution in [3.63, 3.8) is 0 Å². The maximum atomic E-state index is 12.5. The summed E-state index contributed by atoms with van der Waals surface area (Å²) in [6.45, 7) is -2.03. The number of methoxy groups -OCH3 is 1. The Morgan fingerprint density at radius 3 is 2.92 bits per heavy atom. The normalized spacial score (nSPS) is 17.2. The summed E-state index contributed by atoms with van der Waals surface area (Å²) in [7, 11) is 1.32. The number of carbonyl (C=O) groups is 1. The molecular weight excluding hydrogens is 334 g/mol. The Balaban J connectivity index is 2.11. The monoisotopic (exact) mass is 352 g/mol. The quantitative estimate of drug-likeness (QED) is 0.602. The van der Waals surface area contributed by atoms with Gasteiger partial charge in [-0.1, -0.05) is 6.07 Å². The number of nitrogens with one attached hydrogen (secondary N) is 1. The van der Waals surface area contributed by atoms with E-state index in [9.17, 15) is 18.8 Å². The van der Waals surface area contributed by atoms with E-state index in [1.165, 1.54) is 31.4 Å². The molecule has 1 aliphatic heterocycles. The fourth-order valence-corrected chi connectivity index (χ4v) is 2.39. The molecule has 0 bridgehead atoms. The van der Waals surface area contributed by atoms with Crippen LogP contribution in [-0.2, 0) is 9.53 Å². The van der Waals surface area contributed by atoms with Gasteiger partial charge in [0.25, 0.3) is 5.91 Å². The molecule has 1 fully saturated rings. The highest BCUT2D eigenvalue weighted by Gasteiger charge is 2.18. The van der Waals surface area contributed by atoms with E-state index in [1.807, 2.05) is 0 Å². The average Bonchev–Trinajstić information content (AvgIpc) is 3.10. The van der Waals surface area contributed by atoms with Gasteiger partial charge >= 0.3 is 6.61 Å². The lowest BCUT2D eigenvalue weighted by Crippen LogP contribution is -2.32.